The highest BCUT2D eigenvalue weighted by molar-refractivity contribution is 5.01. The minimum atomic E-state index is 0.480. The topological polar surface area (TPSA) is 55.0 Å². The van der Waals surface area contributed by atoms with Crippen LogP contribution in [0.2, 0.25) is 0 Å². The van der Waals surface area contributed by atoms with Crippen LogP contribution in [0.15, 0.2) is 12.3 Å². The maximum absolute atomic E-state index is 5.51. The number of nitrogens with two attached hydrogens (primary N) is 1. The summed E-state index contributed by atoms with van der Waals surface area (Å²) in [6, 6.07) is 1.85. The Labute approximate surface area is 85.2 Å². The molecular weight excluding hydrogens is 176 g/mol. The van der Waals surface area contributed by atoms with Gasteiger partial charge in [0.25, 0.3) is 0 Å². The summed E-state index contributed by atoms with van der Waals surface area (Å²) >= 11 is 0. The monoisotopic (exact) mass is 194 g/mol. The van der Waals surface area contributed by atoms with Crippen LogP contribution in [0.3, 0.4) is 0 Å². The highest BCUT2D eigenvalue weighted by Crippen LogP contribution is 1.99. The SMILES string of the molecule is CCN(CC)Cc1nccc(CN)n1. The Morgan fingerprint density at radius 1 is 1.36 bits per heavy atom. The van der Waals surface area contributed by atoms with Crippen LogP contribution in [0.5, 0.6) is 0 Å². The quantitative estimate of drug-likeness (QED) is 0.752. The molecule has 0 aliphatic carbocycles. The van der Waals surface area contributed by atoms with Gasteiger partial charge in [-0.2, -0.15) is 0 Å². The van der Waals surface area contributed by atoms with Crippen LogP contribution in [-0.4, -0.2) is 28.0 Å². The predicted octanol–water partition coefficient (Wildman–Crippen LogP) is 0.777. The average molecular weight is 194 g/mol. The van der Waals surface area contributed by atoms with Crippen molar-refractivity contribution >= 4 is 0 Å². The molecule has 0 aliphatic rings. The average Bonchev–Trinajstić information content (AvgIpc) is 2.26. The van der Waals surface area contributed by atoms with E-state index in [2.05, 4.69) is 28.7 Å². The summed E-state index contributed by atoms with van der Waals surface area (Å²) in [5.41, 5.74) is 6.42. The lowest BCUT2D eigenvalue weighted by Crippen LogP contribution is -2.23. The standard InChI is InChI=1S/C10H18N4/c1-3-14(4-2)8-10-12-6-5-9(7-11)13-10/h5-6H,3-4,7-8,11H2,1-2H3. The molecular formula is C10H18N4. The van der Waals surface area contributed by atoms with Gasteiger partial charge in [-0.15, -0.1) is 0 Å². The highest BCUT2D eigenvalue weighted by atomic mass is 15.1. The first-order chi connectivity index (χ1) is 6.80. The van der Waals surface area contributed by atoms with Crippen LogP contribution >= 0.6 is 0 Å². The van der Waals surface area contributed by atoms with Crippen LogP contribution in [0, 0.1) is 0 Å². The summed E-state index contributed by atoms with van der Waals surface area (Å²) in [4.78, 5) is 10.8. The first kappa shape index (κ1) is 11.1. The third-order valence-corrected chi connectivity index (χ3v) is 2.23. The number of aromatic nitrogens is 2. The van der Waals surface area contributed by atoms with Crippen molar-refractivity contribution in [2.45, 2.75) is 26.9 Å². The van der Waals surface area contributed by atoms with E-state index in [1.165, 1.54) is 0 Å². The van der Waals surface area contributed by atoms with E-state index < -0.39 is 0 Å². The van der Waals surface area contributed by atoms with Gasteiger partial charge >= 0.3 is 0 Å². The molecule has 0 atom stereocenters. The number of nitrogens with zero attached hydrogens (tertiary/aromatic N) is 3. The number of rotatable bonds is 5. The Bertz CT molecular complexity index is 271. The fourth-order valence-corrected chi connectivity index (χ4v) is 1.28. The highest BCUT2D eigenvalue weighted by Gasteiger charge is 2.03. The molecule has 0 saturated heterocycles. The minimum Gasteiger partial charge on any atom is -0.325 e. The Morgan fingerprint density at radius 2 is 2.07 bits per heavy atom. The third-order valence-electron chi connectivity index (χ3n) is 2.23. The van der Waals surface area contributed by atoms with E-state index in [4.69, 9.17) is 5.73 Å². The normalized spacial score (nSPS) is 10.9. The van der Waals surface area contributed by atoms with Crippen molar-refractivity contribution in [1.82, 2.24) is 14.9 Å². The zero-order chi connectivity index (χ0) is 10.4. The van der Waals surface area contributed by atoms with Crippen LogP contribution in [-0.2, 0) is 13.1 Å². The lowest BCUT2D eigenvalue weighted by Gasteiger charge is -2.16. The summed E-state index contributed by atoms with van der Waals surface area (Å²) in [7, 11) is 0. The summed E-state index contributed by atoms with van der Waals surface area (Å²) in [5, 5.41) is 0. The lowest BCUT2D eigenvalue weighted by molar-refractivity contribution is 0.288. The molecule has 1 heterocycles. The van der Waals surface area contributed by atoms with E-state index in [-0.39, 0.29) is 0 Å². The molecule has 4 heteroatoms. The molecule has 78 valence electrons. The second-order valence-corrected chi connectivity index (χ2v) is 3.13. The zero-order valence-electron chi connectivity index (χ0n) is 8.90. The van der Waals surface area contributed by atoms with Gasteiger partial charge < -0.3 is 5.73 Å². The van der Waals surface area contributed by atoms with Crippen LogP contribution in [0.4, 0.5) is 0 Å². The van der Waals surface area contributed by atoms with Crippen LogP contribution in [0.25, 0.3) is 0 Å². The number of hydrogen-bond acceptors (Lipinski definition) is 4. The molecule has 1 aromatic heterocycles. The molecule has 14 heavy (non-hydrogen) atoms. The Balaban J connectivity index is 2.65. The Hall–Kier alpha value is -1.00. The molecule has 0 bridgehead atoms. The van der Waals surface area contributed by atoms with E-state index >= 15 is 0 Å². The summed E-state index contributed by atoms with van der Waals surface area (Å²) in [5.74, 6) is 0.858. The van der Waals surface area contributed by atoms with Crippen molar-refractivity contribution in [2.75, 3.05) is 13.1 Å². The largest absolute Gasteiger partial charge is 0.325 e. The fraction of sp³-hybridized carbons (Fsp3) is 0.600. The van der Waals surface area contributed by atoms with Gasteiger partial charge in [0.05, 0.1) is 12.2 Å². The molecule has 0 unspecified atom stereocenters. The second kappa shape index (κ2) is 5.67. The van der Waals surface area contributed by atoms with Crippen molar-refractivity contribution in [3.8, 4) is 0 Å². The summed E-state index contributed by atoms with van der Waals surface area (Å²) in [6.45, 7) is 7.60. The molecule has 0 aromatic carbocycles. The third kappa shape index (κ3) is 3.05. The van der Waals surface area contributed by atoms with E-state index in [0.717, 1.165) is 31.2 Å². The Morgan fingerprint density at radius 3 is 2.64 bits per heavy atom. The van der Waals surface area contributed by atoms with Crippen LogP contribution in [0.1, 0.15) is 25.4 Å². The van der Waals surface area contributed by atoms with Crippen molar-refractivity contribution in [3.63, 3.8) is 0 Å². The maximum atomic E-state index is 5.51. The van der Waals surface area contributed by atoms with Gasteiger partial charge in [-0.25, -0.2) is 9.97 Å². The molecule has 0 amide bonds. The molecule has 1 aromatic rings. The molecule has 2 N–H and O–H groups in total. The van der Waals surface area contributed by atoms with Gasteiger partial charge in [-0.1, -0.05) is 13.8 Å². The van der Waals surface area contributed by atoms with Gasteiger partial charge in [0.2, 0.25) is 0 Å². The molecule has 0 spiro atoms. The molecule has 0 saturated carbocycles. The van der Waals surface area contributed by atoms with Gasteiger partial charge in [-0.05, 0) is 19.2 Å². The van der Waals surface area contributed by atoms with Gasteiger partial charge in [0.1, 0.15) is 5.82 Å². The molecule has 0 fully saturated rings. The maximum Gasteiger partial charge on any atom is 0.142 e. The molecule has 4 nitrogen and oxygen atoms in total. The van der Waals surface area contributed by atoms with Crippen molar-refractivity contribution in [3.05, 3.63) is 23.8 Å². The summed E-state index contributed by atoms with van der Waals surface area (Å²) in [6.07, 6.45) is 1.77. The first-order valence-corrected chi connectivity index (χ1v) is 5.03. The van der Waals surface area contributed by atoms with Gasteiger partial charge in [0, 0.05) is 12.7 Å². The molecule has 1 rings (SSSR count). The van der Waals surface area contributed by atoms with Gasteiger partial charge in [0.15, 0.2) is 0 Å². The first-order valence-electron chi connectivity index (χ1n) is 5.03. The molecule has 0 radical (unpaired) electrons. The Kier molecular flexibility index (Phi) is 4.49. The second-order valence-electron chi connectivity index (χ2n) is 3.13. The van der Waals surface area contributed by atoms with E-state index in [9.17, 15) is 0 Å². The van der Waals surface area contributed by atoms with Crippen LogP contribution < -0.4 is 5.73 Å². The van der Waals surface area contributed by atoms with Gasteiger partial charge in [-0.3, -0.25) is 4.90 Å². The zero-order valence-corrected chi connectivity index (χ0v) is 8.90. The van der Waals surface area contributed by atoms with Crippen molar-refractivity contribution < 1.29 is 0 Å². The number of hydrogen-bond donors (Lipinski definition) is 1. The minimum absolute atomic E-state index is 0.480. The van der Waals surface area contributed by atoms with Crippen molar-refractivity contribution in [2.24, 2.45) is 5.73 Å². The predicted molar refractivity (Wildman–Crippen MR) is 56.5 cm³/mol. The van der Waals surface area contributed by atoms with E-state index in [0.29, 0.717) is 6.54 Å². The van der Waals surface area contributed by atoms with Crippen molar-refractivity contribution in [1.29, 1.82) is 0 Å². The van der Waals surface area contributed by atoms with E-state index in [1.807, 2.05) is 6.07 Å². The fourth-order valence-electron chi connectivity index (χ4n) is 1.28. The van der Waals surface area contributed by atoms with E-state index in [1.54, 1.807) is 6.20 Å². The smallest absolute Gasteiger partial charge is 0.142 e. The molecule has 0 aliphatic heterocycles. The lowest BCUT2D eigenvalue weighted by atomic mass is 10.4. The summed E-state index contributed by atoms with van der Waals surface area (Å²) < 4.78 is 0.